The van der Waals surface area contributed by atoms with Gasteiger partial charge in [-0.05, 0) is 68.3 Å². The topological polar surface area (TPSA) is 23.5 Å². The zero-order valence-corrected chi connectivity index (χ0v) is 11.8. The van der Waals surface area contributed by atoms with Crippen LogP contribution in [0.2, 0.25) is 0 Å². The number of fused-ring (bicyclic) bond motifs is 1. The molecule has 0 spiro atoms. The summed E-state index contributed by atoms with van der Waals surface area (Å²) in [5.41, 5.74) is 4.08. The third kappa shape index (κ3) is 3.18. The van der Waals surface area contributed by atoms with Crippen molar-refractivity contribution < 1.29 is 5.11 Å². The van der Waals surface area contributed by atoms with Gasteiger partial charge in [0.15, 0.2) is 0 Å². The molecule has 1 aliphatic carbocycles. The largest absolute Gasteiger partial charge is 0.388 e. The summed E-state index contributed by atoms with van der Waals surface area (Å²) in [6.07, 6.45) is 8.32. The molecule has 1 aliphatic heterocycles. The second-order valence-corrected chi connectivity index (χ2v) is 6.09. The molecule has 0 bridgehead atoms. The van der Waals surface area contributed by atoms with E-state index in [9.17, 15) is 5.11 Å². The second kappa shape index (κ2) is 6.06. The molecule has 2 aliphatic rings. The standard InChI is InChI=1S/C17H25NO/c19-17(9-12-18-10-2-1-3-11-18)16-8-7-14-5-4-6-15(14)13-16/h7-8,13,17,19H,1-6,9-12H2. The number of nitrogens with zero attached hydrogens (tertiary/aromatic N) is 1. The molecule has 2 nitrogen and oxygen atoms in total. The van der Waals surface area contributed by atoms with Crippen LogP contribution in [0.25, 0.3) is 0 Å². The Balaban J connectivity index is 1.56. The molecule has 1 aromatic carbocycles. The summed E-state index contributed by atoms with van der Waals surface area (Å²) in [7, 11) is 0. The first-order chi connectivity index (χ1) is 9.33. The summed E-state index contributed by atoms with van der Waals surface area (Å²) in [4.78, 5) is 2.50. The van der Waals surface area contributed by atoms with E-state index in [1.165, 1.54) is 62.7 Å². The van der Waals surface area contributed by atoms with Crippen molar-refractivity contribution in [2.24, 2.45) is 0 Å². The molecule has 19 heavy (non-hydrogen) atoms. The van der Waals surface area contributed by atoms with Crippen LogP contribution in [0.5, 0.6) is 0 Å². The highest BCUT2D eigenvalue weighted by Gasteiger charge is 2.16. The number of aliphatic hydroxyl groups is 1. The van der Waals surface area contributed by atoms with Crippen molar-refractivity contribution in [2.45, 2.75) is 51.0 Å². The monoisotopic (exact) mass is 259 g/mol. The van der Waals surface area contributed by atoms with Gasteiger partial charge in [-0.25, -0.2) is 0 Å². The van der Waals surface area contributed by atoms with Gasteiger partial charge < -0.3 is 10.0 Å². The highest BCUT2D eigenvalue weighted by Crippen LogP contribution is 2.26. The first-order valence-corrected chi connectivity index (χ1v) is 7.85. The maximum Gasteiger partial charge on any atom is 0.0802 e. The second-order valence-electron chi connectivity index (χ2n) is 6.09. The van der Waals surface area contributed by atoms with Gasteiger partial charge in [0.05, 0.1) is 6.10 Å². The minimum atomic E-state index is -0.284. The lowest BCUT2D eigenvalue weighted by molar-refractivity contribution is 0.134. The lowest BCUT2D eigenvalue weighted by Gasteiger charge is -2.27. The number of benzene rings is 1. The smallest absolute Gasteiger partial charge is 0.0802 e. The third-order valence-electron chi connectivity index (χ3n) is 4.67. The van der Waals surface area contributed by atoms with Crippen LogP contribution in [0.3, 0.4) is 0 Å². The van der Waals surface area contributed by atoms with E-state index < -0.39 is 0 Å². The zero-order chi connectivity index (χ0) is 13.1. The molecule has 0 aromatic heterocycles. The van der Waals surface area contributed by atoms with E-state index >= 15 is 0 Å². The Kier molecular flexibility index (Phi) is 4.19. The fourth-order valence-corrected chi connectivity index (χ4v) is 3.45. The molecule has 1 aromatic rings. The summed E-state index contributed by atoms with van der Waals surface area (Å²) < 4.78 is 0. The maximum absolute atomic E-state index is 10.4. The summed E-state index contributed by atoms with van der Waals surface area (Å²) in [5.74, 6) is 0. The van der Waals surface area contributed by atoms with Crippen LogP contribution in [0.15, 0.2) is 18.2 Å². The van der Waals surface area contributed by atoms with Crippen molar-refractivity contribution in [1.29, 1.82) is 0 Å². The van der Waals surface area contributed by atoms with Gasteiger partial charge in [-0.3, -0.25) is 0 Å². The molecule has 0 amide bonds. The van der Waals surface area contributed by atoms with Crippen LogP contribution in [0, 0.1) is 0 Å². The Morgan fingerprint density at radius 3 is 2.63 bits per heavy atom. The number of rotatable bonds is 4. The summed E-state index contributed by atoms with van der Waals surface area (Å²) in [6.45, 7) is 3.48. The SMILES string of the molecule is OC(CCN1CCCCC1)c1ccc2c(c1)CCC2. The van der Waals surface area contributed by atoms with E-state index in [2.05, 4.69) is 23.1 Å². The van der Waals surface area contributed by atoms with E-state index in [-0.39, 0.29) is 6.10 Å². The fraction of sp³-hybridized carbons (Fsp3) is 0.647. The number of aryl methyl sites for hydroxylation is 2. The van der Waals surface area contributed by atoms with Gasteiger partial charge in [-0.2, -0.15) is 0 Å². The van der Waals surface area contributed by atoms with Crippen molar-refractivity contribution in [3.63, 3.8) is 0 Å². The van der Waals surface area contributed by atoms with Crippen molar-refractivity contribution in [2.75, 3.05) is 19.6 Å². The molecular formula is C17H25NO. The molecule has 104 valence electrons. The van der Waals surface area contributed by atoms with Crippen molar-refractivity contribution in [3.8, 4) is 0 Å². The minimum absolute atomic E-state index is 0.284. The van der Waals surface area contributed by atoms with E-state index in [0.29, 0.717) is 0 Å². The normalized spacial score (nSPS) is 21.3. The van der Waals surface area contributed by atoms with Gasteiger partial charge in [0.1, 0.15) is 0 Å². The Bertz CT molecular complexity index is 423. The lowest BCUT2D eigenvalue weighted by atomic mass is 10.0. The Morgan fingerprint density at radius 1 is 1.00 bits per heavy atom. The Hall–Kier alpha value is -0.860. The van der Waals surface area contributed by atoms with Gasteiger partial charge in [-0.15, -0.1) is 0 Å². The molecule has 1 unspecified atom stereocenters. The molecule has 2 heteroatoms. The van der Waals surface area contributed by atoms with E-state index in [1.54, 1.807) is 0 Å². The third-order valence-corrected chi connectivity index (χ3v) is 4.67. The van der Waals surface area contributed by atoms with Crippen LogP contribution >= 0.6 is 0 Å². The average molecular weight is 259 g/mol. The quantitative estimate of drug-likeness (QED) is 0.898. The lowest BCUT2D eigenvalue weighted by Crippen LogP contribution is -2.31. The predicted molar refractivity (Wildman–Crippen MR) is 78.3 cm³/mol. The van der Waals surface area contributed by atoms with Crippen molar-refractivity contribution in [3.05, 3.63) is 34.9 Å². The van der Waals surface area contributed by atoms with Crippen LogP contribution in [0.4, 0.5) is 0 Å². The van der Waals surface area contributed by atoms with Gasteiger partial charge in [0.25, 0.3) is 0 Å². The fourth-order valence-electron chi connectivity index (χ4n) is 3.45. The number of hydrogen-bond acceptors (Lipinski definition) is 2. The Morgan fingerprint density at radius 2 is 1.79 bits per heavy atom. The number of aliphatic hydroxyl groups excluding tert-OH is 1. The van der Waals surface area contributed by atoms with Gasteiger partial charge in [0, 0.05) is 6.54 Å². The predicted octanol–water partition coefficient (Wildman–Crippen LogP) is 3.08. The minimum Gasteiger partial charge on any atom is -0.388 e. The van der Waals surface area contributed by atoms with Gasteiger partial charge >= 0.3 is 0 Å². The first-order valence-electron chi connectivity index (χ1n) is 7.85. The molecular weight excluding hydrogens is 234 g/mol. The molecule has 0 radical (unpaired) electrons. The number of hydrogen-bond donors (Lipinski definition) is 1. The average Bonchev–Trinajstić information content (AvgIpc) is 2.93. The van der Waals surface area contributed by atoms with Crippen LogP contribution in [-0.2, 0) is 12.8 Å². The zero-order valence-electron chi connectivity index (χ0n) is 11.8. The molecule has 1 atom stereocenters. The molecule has 1 fully saturated rings. The Labute approximate surface area is 116 Å². The van der Waals surface area contributed by atoms with Crippen LogP contribution in [0.1, 0.15) is 54.9 Å². The molecule has 3 rings (SSSR count). The summed E-state index contributed by atoms with van der Waals surface area (Å²) >= 11 is 0. The number of likely N-dealkylation sites (tertiary alicyclic amines) is 1. The molecule has 1 heterocycles. The molecule has 0 saturated carbocycles. The van der Waals surface area contributed by atoms with Crippen LogP contribution < -0.4 is 0 Å². The first kappa shape index (κ1) is 13.1. The van der Waals surface area contributed by atoms with E-state index in [1.807, 2.05) is 0 Å². The van der Waals surface area contributed by atoms with Crippen molar-refractivity contribution >= 4 is 0 Å². The highest BCUT2D eigenvalue weighted by atomic mass is 16.3. The van der Waals surface area contributed by atoms with Crippen molar-refractivity contribution in [1.82, 2.24) is 4.90 Å². The van der Waals surface area contributed by atoms with Gasteiger partial charge in [-0.1, -0.05) is 24.6 Å². The highest BCUT2D eigenvalue weighted by molar-refractivity contribution is 5.36. The van der Waals surface area contributed by atoms with E-state index in [4.69, 9.17) is 0 Å². The summed E-state index contributed by atoms with van der Waals surface area (Å²) in [6, 6.07) is 6.59. The maximum atomic E-state index is 10.4. The van der Waals surface area contributed by atoms with E-state index in [0.717, 1.165) is 18.5 Å². The summed E-state index contributed by atoms with van der Waals surface area (Å²) in [5, 5.41) is 10.4. The molecule has 1 N–H and O–H groups in total. The molecule has 1 saturated heterocycles. The van der Waals surface area contributed by atoms with Crippen LogP contribution in [-0.4, -0.2) is 29.6 Å². The number of piperidine rings is 1. The van der Waals surface area contributed by atoms with Gasteiger partial charge in [0.2, 0.25) is 0 Å².